The van der Waals surface area contributed by atoms with Crippen molar-refractivity contribution >= 4 is 10.8 Å². The molecule has 3 nitrogen and oxygen atoms in total. The molecule has 0 aromatic carbocycles. The van der Waals surface area contributed by atoms with Crippen LogP contribution in [0.3, 0.4) is 0 Å². The van der Waals surface area contributed by atoms with Crippen molar-refractivity contribution in [3.63, 3.8) is 0 Å². The summed E-state index contributed by atoms with van der Waals surface area (Å²) in [4.78, 5) is 9.26. The first-order valence-electron chi connectivity index (χ1n) is 5.12. The van der Waals surface area contributed by atoms with Crippen LogP contribution in [0.4, 0.5) is 0 Å². The highest BCUT2D eigenvalue weighted by Crippen LogP contribution is 2.09. The van der Waals surface area contributed by atoms with Gasteiger partial charge in [0.25, 0.3) is 0 Å². The van der Waals surface area contributed by atoms with Gasteiger partial charge >= 0.3 is 0 Å². The second-order valence-corrected chi connectivity index (χ2v) is 2.94. The van der Waals surface area contributed by atoms with E-state index < -0.39 is 0 Å². The Morgan fingerprint density at radius 1 is 1.27 bits per heavy atom. The molecule has 2 rings (SSSR count). The monoisotopic (exact) mass is 205 g/mol. The molecule has 0 fully saturated rings. The average Bonchev–Trinajstić information content (AvgIpc) is 2.31. The largest absolute Gasteiger partial charge is 0.275 e. The molecule has 15 heavy (non-hydrogen) atoms. The molecule has 0 atom stereocenters. The number of aromatic nitrogens is 2. The van der Waals surface area contributed by atoms with Crippen LogP contribution in [-0.4, -0.2) is 12.1 Å². The van der Waals surface area contributed by atoms with Crippen molar-refractivity contribution in [2.45, 2.75) is 20.8 Å². The molecule has 0 N–H and O–H groups in total. The number of fused-ring (bicyclic) bond motifs is 1. The van der Waals surface area contributed by atoms with E-state index in [1.807, 2.05) is 45.4 Å². The highest BCUT2D eigenvalue weighted by molar-refractivity contribution is 5.79. The van der Waals surface area contributed by atoms with E-state index in [0.29, 0.717) is 0 Å². The zero-order chi connectivity index (χ0) is 11.3. The van der Waals surface area contributed by atoms with Crippen LogP contribution in [0.25, 0.3) is 10.8 Å². The highest BCUT2D eigenvalue weighted by atomic mass is 16.6. The third-order valence-electron chi connectivity index (χ3n) is 1.98. The number of rotatable bonds is 1. The third-order valence-corrected chi connectivity index (χ3v) is 1.98. The van der Waals surface area contributed by atoms with Gasteiger partial charge in [0, 0.05) is 22.7 Å². The third kappa shape index (κ3) is 2.65. The molecule has 0 bridgehead atoms. The predicted molar refractivity (Wildman–Crippen MR) is 60.5 cm³/mol. The van der Waals surface area contributed by atoms with Gasteiger partial charge in [-0.2, -0.15) is 0 Å². The minimum absolute atomic E-state index is 1.03. The van der Waals surface area contributed by atoms with Gasteiger partial charge in [0.05, 0.1) is 5.39 Å². The molecule has 0 aliphatic rings. The lowest BCUT2D eigenvalue weighted by molar-refractivity contribution is -0.884. The smallest absolute Gasteiger partial charge is 0.231 e. The molecule has 0 spiro atoms. The van der Waals surface area contributed by atoms with Gasteiger partial charge in [0.1, 0.15) is 7.11 Å². The minimum Gasteiger partial charge on any atom is -0.275 e. The summed E-state index contributed by atoms with van der Waals surface area (Å²) in [7, 11) is 1.63. The lowest BCUT2D eigenvalue weighted by Crippen LogP contribution is -2.39. The molecule has 0 radical (unpaired) electrons. The minimum atomic E-state index is 1.03. The van der Waals surface area contributed by atoms with Crippen LogP contribution >= 0.6 is 0 Å². The molecule has 2 aromatic rings. The summed E-state index contributed by atoms with van der Waals surface area (Å²) in [6, 6.07) is 4.06. The molecular formula is C12H17N2O+. The predicted octanol–water partition coefficient (Wildman–Crippen LogP) is 1.92. The molecular weight excluding hydrogens is 188 g/mol. The van der Waals surface area contributed by atoms with Gasteiger partial charge in [-0.3, -0.25) is 9.82 Å². The second-order valence-electron chi connectivity index (χ2n) is 2.94. The zero-order valence-electron chi connectivity index (χ0n) is 9.69. The lowest BCUT2D eigenvalue weighted by Gasteiger charge is -1.96. The molecule has 2 heterocycles. The zero-order valence-corrected chi connectivity index (χ0v) is 9.69. The van der Waals surface area contributed by atoms with E-state index in [1.165, 1.54) is 5.39 Å². The topological polar surface area (TPSA) is 26.0 Å². The Hall–Kier alpha value is -1.64. The van der Waals surface area contributed by atoms with Crippen LogP contribution in [0, 0.1) is 6.92 Å². The Bertz CT molecular complexity index is 441. The summed E-state index contributed by atoms with van der Waals surface area (Å²) < 4.78 is 1.65. The van der Waals surface area contributed by atoms with Crippen molar-refractivity contribution < 1.29 is 9.57 Å². The summed E-state index contributed by atoms with van der Waals surface area (Å²) in [5, 5.41) is 2.26. The van der Waals surface area contributed by atoms with Gasteiger partial charge in [-0.25, -0.2) is 0 Å². The van der Waals surface area contributed by atoms with Crippen LogP contribution in [0.2, 0.25) is 0 Å². The van der Waals surface area contributed by atoms with Crippen molar-refractivity contribution in [3.8, 4) is 0 Å². The fourth-order valence-corrected chi connectivity index (χ4v) is 1.29. The van der Waals surface area contributed by atoms with E-state index in [4.69, 9.17) is 4.84 Å². The van der Waals surface area contributed by atoms with E-state index in [1.54, 1.807) is 11.8 Å². The highest BCUT2D eigenvalue weighted by Gasteiger charge is 2.02. The fourth-order valence-electron chi connectivity index (χ4n) is 1.29. The maximum Gasteiger partial charge on any atom is 0.231 e. The van der Waals surface area contributed by atoms with Crippen LogP contribution in [0.1, 0.15) is 19.5 Å². The number of hydrogen-bond acceptors (Lipinski definition) is 2. The van der Waals surface area contributed by atoms with E-state index >= 15 is 0 Å². The molecule has 0 aliphatic heterocycles. The fraction of sp³-hybridized carbons (Fsp3) is 0.333. The molecule has 0 saturated heterocycles. The Labute approximate surface area is 90.3 Å². The number of aryl methyl sites for hydroxylation is 1. The summed E-state index contributed by atoms with van der Waals surface area (Å²) in [6.45, 7) is 5.98. The van der Waals surface area contributed by atoms with Gasteiger partial charge in [-0.1, -0.05) is 13.8 Å². The van der Waals surface area contributed by atoms with Crippen molar-refractivity contribution in [2.24, 2.45) is 0 Å². The van der Waals surface area contributed by atoms with Gasteiger partial charge in [0.2, 0.25) is 12.4 Å². The van der Waals surface area contributed by atoms with Gasteiger partial charge in [-0.15, -0.1) is 0 Å². The number of nitrogens with zero attached hydrogens (tertiary/aromatic N) is 2. The summed E-state index contributed by atoms with van der Waals surface area (Å²) in [6.07, 6.45) is 5.63. The maximum absolute atomic E-state index is 5.04. The first-order chi connectivity index (χ1) is 7.29. The molecule has 2 aromatic heterocycles. The van der Waals surface area contributed by atoms with E-state index in [-0.39, 0.29) is 0 Å². The quantitative estimate of drug-likeness (QED) is 0.665. The molecule has 80 valence electrons. The summed E-state index contributed by atoms with van der Waals surface area (Å²) in [5.74, 6) is 0. The lowest BCUT2D eigenvalue weighted by atomic mass is 10.2. The Morgan fingerprint density at radius 2 is 2.00 bits per heavy atom. The Kier molecular flexibility index (Phi) is 4.03. The van der Waals surface area contributed by atoms with E-state index in [2.05, 4.69) is 11.1 Å². The van der Waals surface area contributed by atoms with Crippen molar-refractivity contribution in [1.82, 2.24) is 4.98 Å². The first-order valence-corrected chi connectivity index (χ1v) is 5.12. The Balaban J connectivity index is 0.000000531. The van der Waals surface area contributed by atoms with E-state index in [9.17, 15) is 0 Å². The first kappa shape index (κ1) is 11.4. The van der Waals surface area contributed by atoms with Crippen LogP contribution in [0.5, 0.6) is 0 Å². The van der Waals surface area contributed by atoms with Gasteiger partial charge in [0.15, 0.2) is 0 Å². The van der Waals surface area contributed by atoms with Gasteiger partial charge < -0.3 is 0 Å². The van der Waals surface area contributed by atoms with Crippen LogP contribution in [-0.2, 0) is 0 Å². The summed E-state index contributed by atoms with van der Waals surface area (Å²) >= 11 is 0. The maximum atomic E-state index is 5.04. The molecule has 3 heteroatoms. The SMILES string of the molecule is CC.CO[n+]1ccc2cc(C)ncc2c1. The van der Waals surface area contributed by atoms with Crippen molar-refractivity contribution in [2.75, 3.05) is 7.11 Å². The van der Waals surface area contributed by atoms with E-state index in [0.717, 1.165) is 11.1 Å². The molecule has 0 amide bonds. The standard InChI is InChI=1S/C10H11N2O.C2H6/c1-8-5-9-3-4-12(13-2)7-10(9)6-11-8;1-2/h3-7H,1-2H3;1-2H3/q+1;. The number of pyridine rings is 2. The van der Waals surface area contributed by atoms with Crippen molar-refractivity contribution in [3.05, 3.63) is 36.4 Å². The molecule has 0 aliphatic carbocycles. The molecule has 0 saturated carbocycles. The summed E-state index contributed by atoms with van der Waals surface area (Å²) in [5.41, 5.74) is 1.03. The van der Waals surface area contributed by atoms with Crippen molar-refractivity contribution in [1.29, 1.82) is 0 Å². The number of hydrogen-bond donors (Lipinski definition) is 0. The second kappa shape index (κ2) is 5.29. The van der Waals surface area contributed by atoms with Gasteiger partial charge in [-0.05, 0) is 18.4 Å². The van der Waals surface area contributed by atoms with Crippen LogP contribution in [0.15, 0.2) is 30.7 Å². The normalized spacial score (nSPS) is 9.33. The Morgan fingerprint density at radius 3 is 2.67 bits per heavy atom. The van der Waals surface area contributed by atoms with Crippen LogP contribution < -0.4 is 9.57 Å². The average molecular weight is 205 g/mol. The molecule has 0 unspecified atom stereocenters.